The summed E-state index contributed by atoms with van der Waals surface area (Å²) in [5.41, 5.74) is 1.16. The largest absolute Gasteiger partial charge is 0.495 e. The summed E-state index contributed by atoms with van der Waals surface area (Å²) in [6, 6.07) is 11.1. The van der Waals surface area contributed by atoms with Gasteiger partial charge in [0.05, 0.1) is 31.5 Å². The van der Waals surface area contributed by atoms with Crippen molar-refractivity contribution in [1.82, 2.24) is 15.2 Å². The molecule has 1 fully saturated rings. The Bertz CT molecular complexity index is 1030. The molecule has 1 aliphatic heterocycles. The summed E-state index contributed by atoms with van der Waals surface area (Å²) in [6.45, 7) is 1.35. The van der Waals surface area contributed by atoms with Crippen LogP contribution < -0.4 is 15.4 Å². The molecule has 1 aliphatic rings. The number of rotatable bonds is 7. The molecule has 0 unspecified atom stereocenters. The highest BCUT2D eigenvalue weighted by Crippen LogP contribution is 2.29. The number of ether oxygens (including phenoxy) is 1. The molecule has 4 rings (SSSR count). The highest BCUT2D eigenvalue weighted by atomic mass is 32.1. The summed E-state index contributed by atoms with van der Waals surface area (Å²) in [5.74, 6) is 0.940. The van der Waals surface area contributed by atoms with Crippen molar-refractivity contribution in [2.75, 3.05) is 25.5 Å². The van der Waals surface area contributed by atoms with Gasteiger partial charge in [-0.2, -0.15) is 0 Å². The summed E-state index contributed by atoms with van der Waals surface area (Å²) in [4.78, 5) is 31.7. The molecule has 0 spiro atoms. The van der Waals surface area contributed by atoms with Crippen molar-refractivity contribution in [2.24, 2.45) is 5.92 Å². The molecule has 31 heavy (non-hydrogen) atoms. The lowest BCUT2D eigenvalue weighted by Crippen LogP contribution is -2.45. The van der Waals surface area contributed by atoms with Gasteiger partial charge in [0.15, 0.2) is 5.13 Å². The molecule has 8 nitrogen and oxygen atoms in total. The zero-order valence-electron chi connectivity index (χ0n) is 17.2. The second kappa shape index (κ2) is 9.65. The van der Waals surface area contributed by atoms with Crippen LogP contribution in [-0.2, 0) is 11.3 Å². The fourth-order valence-electron chi connectivity index (χ4n) is 3.56. The van der Waals surface area contributed by atoms with Crippen molar-refractivity contribution in [3.05, 3.63) is 59.5 Å². The third-order valence-corrected chi connectivity index (χ3v) is 5.93. The fourth-order valence-corrected chi connectivity index (χ4v) is 4.26. The topological polar surface area (TPSA) is 96.7 Å². The lowest BCUT2D eigenvalue weighted by atomic mass is 9.97. The van der Waals surface area contributed by atoms with Crippen LogP contribution in [0.15, 0.2) is 52.5 Å². The van der Waals surface area contributed by atoms with Crippen LogP contribution in [0.25, 0.3) is 0 Å². The van der Waals surface area contributed by atoms with Crippen LogP contribution >= 0.6 is 11.3 Å². The van der Waals surface area contributed by atoms with Gasteiger partial charge in [-0.25, -0.2) is 4.98 Å². The number of amides is 2. The first kappa shape index (κ1) is 20.9. The maximum absolute atomic E-state index is 13.0. The highest BCUT2D eigenvalue weighted by molar-refractivity contribution is 7.14. The number of hydrogen-bond acceptors (Lipinski definition) is 7. The SMILES string of the molecule is COc1ccccc1Nc1nc(C(=O)N2CCC[C@@H](C(=O)NCc3ccco3)C2)cs1. The van der Waals surface area contributed by atoms with E-state index in [0.717, 1.165) is 18.5 Å². The van der Waals surface area contributed by atoms with Crippen molar-refractivity contribution in [2.45, 2.75) is 19.4 Å². The smallest absolute Gasteiger partial charge is 0.273 e. The van der Waals surface area contributed by atoms with Gasteiger partial charge in [0.25, 0.3) is 5.91 Å². The van der Waals surface area contributed by atoms with Crippen molar-refractivity contribution in [3.63, 3.8) is 0 Å². The quantitative estimate of drug-likeness (QED) is 0.582. The number of carbonyl (C=O) groups is 2. The Labute approximate surface area is 184 Å². The van der Waals surface area contributed by atoms with Gasteiger partial charge in [0, 0.05) is 18.5 Å². The molecule has 2 aromatic heterocycles. The molecule has 0 bridgehead atoms. The summed E-state index contributed by atoms with van der Waals surface area (Å²) >= 11 is 1.35. The van der Waals surface area contributed by atoms with Crippen molar-refractivity contribution >= 4 is 34.0 Å². The summed E-state index contributed by atoms with van der Waals surface area (Å²) in [7, 11) is 1.61. The van der Waals surface area contributed by atoms with Crippen LogP contribution in [0.1, 0.15) is 29.1 Å². The average molecular weight is 441 g/mol. The Balaban J connectivity index is 1.36. The minimum Gasteiger partial charge on any atom is -0.495 e. The van der Waals surface area contributed by atoms with Crippen LogP contribution in [0.2, 0.25) is 0 Å². The van der Waals surface area contributed by atoms with Crippen molar-refractivity contribution in [3.8, 4) is 5.75 Å². The lowest BCUT2D eigenvalue weighted by molar-refractivity contribution is -0.126. The number of para-hydroxylation sites is 2. The Morgan fingerprint density at radius 1 is 1.29 bits per heavy atom. The van der Waals surface area contributed by atoms with Gasteiger partial charge >= 0.3 is 0 Å². The van der Waals surface area contributed by atoms with Crippen molar-refractivity contribution < 1.29 is 18.7 Å². The number of carbonyl (C=O) groups excluding carboxylic acids is 2. The van der Waals surface area contributed by atoms with Gasteiger partial charge in [-0.05, 0) is 37.1 Å². The van der Waals surface area contributed by atoms with Gasteiger partial charge in [0.2, 0.25) is 5.91 Å². The van der Waals surface area contributed by atoms with Gasteiger partial charge in [-0.15, -0.1) is 11.3 Å². The van der Waals surface area contributed by atoms with Crippen LogP contribution in [0.4, 0.5) is 10.8 Å². The predicted octanol–water partition coefficient (Wildman–Crippen LogP) is 3.66. The number of furan rings is 1. The van der Waals surface area contributed by atoms with E-state index >= 15 is 0 Å². The number of hydrogen-bond donors (Lipinski definition) is 2. The van der Waals surface area contributed by atoms with Crippen LogP contribution in [0.3, 0.4) is 0 Å². The summed E-state index contributed by atoms with van der Waals surface area (Å²) in [5, 5.41) is 8.43. The Morgan fingerprint density at radius 2 is 2.16 bits per heavy atom. The first-order chi connectivity index (χ1) is 15.1. The maximum Gasteiger partial charge on any atom is 0.273 e. The number of likely N-dealkylation sites (tertiary alicyclic amines) is 1. The molecule has 3 aromatic rings. The zero-order valence-corrected chi connectivity index (χ0v) is 18.0. The van der Waals surface area contributed by atoms with E-state index < -0.39 is 0 Å². The number of methoxy groups -OCH3 is 1. The van der Waals surface area contributed by atoms with E-state index in [1.807, 2.05) is 30.3 Å². The van der Waals surface area contributed by atoms with Crippen LogP contribution in [0, 0.1) is 5.92 Å². The third-order valence-electron chi connectivity index (χ3n) is 5.17. The number of benzene rings is 1. The molecule has 162 valence electrons. The Morgan fingerprint density at radius 3 is 2.97 bits per heavy atom. The van der Waals surface area contributed by atoms with E-state index in [9.17, 15) is 9.59 Å². The third kappa shape index (κ3) is 5.05. The predicted molar refractivity (Wildman–Crippen MR) is 118 cm³/mol. The monoisotopic (exact) mass is 440 g/mol. The maximum atomic E-state index is 13.0. The van der Waals surface area contributed by atoms with E-state index in [0.29, 0.717) is 42.0 Å². The Hall–Kier alpha value is -3.33. The zero-order chi connectivity index (χ0) is 21.6. The molecule has 0 saturated carbocycles. The first-order valence-electron chi connectivity index (χ1n) is 10.1. The second-order valence-electron chi connectivity index (χ2n) is 7.25. The molecule has 1 aromatic carbocycles. The fraction of sp³-hybridized carbons (Fsp3) is 0.318. The van der Waals surface area contributed by atoms with Gasteiger partial charge < -0.3 is 24.7 Å². The minimum atomic E-state index is -0.238. The van der Waals surface area contributed by atoms with Crippen LogP contribution in [-0.4, -0.2) is 41.9 Å². The molecular formula is C22H24N4O4S. The number of piperidine rings is 1. The van der Waals surface area contributed by atoms with Crippen LogP contribution in [0.5, 0.6) is 5.75 Å². The number of nitrogens with zero attached hydrogens (tertiary/aromatic N) is 2. The molecule has 0 radical (unpaired) electrons. The molecule has 1 saturated heterocycles. The first-order valence-corrected chi connectivity index (χ1v) is 11.0. The summed E-state index contributed by atoms with van der Waals surface area (Å²) < 4.78 is 10.6. The van der Waals surface area contributed by atoms with E-state index in [2.05, 4.69) is 15.6 Å². The van der Waals surface area contributed by atoms with E-state index in [1.54, 1.807) is 29.7 Å². The van der Waals surface area contributed by atoms with E-state index in [4.69, 9.17) is 9.15 Å². The normalized spacial score (nSPS) is 16.0. The Kier molecular flexibility index (Phi) is 6.51. The molecule has 3 heterocycles. The molecule has 1 atom stereocenters. The molecule has 2 amide bonds. The van der Waals surface area contributed by atoms with E-state index in [-0.39, 0.29) is 17.7 Å². The number of nitrogens with one attached hydrogen (secondary N) is 2. The molecule has 2 N–H and O–H groups in total. The van der Waals surface area contributed by atoms with Gasteiger partial charge in [0.1, 0.15) is 17.2 Å². The number of aromatic nitrogens is 1. The highest BCUT2D eigenvalue weighted by Gasteiger charge is 2.30. The minimum absolute atomic E-state index is 0.0642. The molecular weight excluding hydrogens is 416 g/mol. The van der Waals surface area contributed by atoms with E-state index in [1.165, 1.54) is 11.3 Å². The summed E-state index contributed by atoms with van der Waals surface area (Å²) in [6.07, 6.45) is 3.11. The second-order valence-corrected chi connectivity index (χ2v) is 8.11. The number of anilines is 2. The molecule has 0 aliphatic carbocycles. The van der Waals surface area contributed by atoms with Crippen molar-refractivity contribution in [1.29, 1.82) is 0 Å². The molecule has 9 heteroatoms. The van der Waals surface area contributed by atoms with Gasteiger partial charge in [-0.3, -0.25) is 9.59 Å². The number of thiazole rings is 1. The average Bonchev–Trinajstić information content (AvgIpc) is 3.50. The van der Waals surface area contributed by atoms with Gasteiger partial charge in [-0.1, -0.05) is 12.1 Å². The lowest BCUT2D eigenvalue weighted by Gasteiger charge is -2.31. The standard InChI is InChI=1S/C22H24N4O4S/c1-29-19-9-3-2-8-17(19)24-22-25-18(14-31-22)21(28)26-10-4-6-15(13-26)20(27)23-12-16-7-5-11-30-16/h2-3,5,7-9,11,14-15H,4,6,10,12-13H2,1H3,(H,23,27)(H,24,25)/t15-/m1/s1.